The SMILES string of the molecule is OCC(COCCNCc1ccccc1)OCCNCc1ccccc1. The van der Waals surface area contributed by atoms with Gasteiger partial charge in [0, 0.05) is 26.2 Å². The van der Waals surface area contributed by atoms with Crippen molar-refractivity contribution < 1.29 is 14.6 Å². The molecule has 0 radical (unpaired) electrons. The van der Waals surface area contributed by atoms with Crippen molar-refractivity contribution in [1.82, 2.24) is 10.6 Å². The van der Waals surface area contributed by atoms with Gasteiger partial charge in [-0.25, -0.2) is 0 Å². The molecule has 3 N–H and O–H groups in total. The molecule has 0 aliphatic rings. The monoisotopic (exact) mass is 358 g/mol. The molecule has 2 rings (SSSR count). The molecule has 0 fully saturated rings. The Labute approximate surface area is 156 Å². The summed E-state index contributed by atoms with van der Waals surface area (Å²) in [7, 11) is 0. The number of benzene rings is 2. The summed E-state index contributed by atoms with van der Waals surface area (Å²) in [6, 6.07) is 20.5. The molecular formula is C21H30N2O3. The van der Waals surface area contributed by atoms with E-state index >= 15 is 0 Å². The lowest BCUT2D eigenvalue weighted by atomic mass is 10.2. The summed E-state index contributed by atoms with van der Waals surface area (Å²) in [6.45, 7) is 4.68. The first kappa shape index (κ1) is 20.6. The summed E-state index contributed by atoms with van der Waals surface area (Å²) in [5, 5.41) is 16.0. The number of aliphatic hydroxyl groups is 1. The molecule has 142 valence electrons. The van der Waals surface area contributed by atoms with Gasteiger partial charge in [-0.15, -0.1) is 0 Å². The van der Waals surface area contributed by atoms with Crippen LogP contribution in [0.1, 0.15) is 11.1 Å². The maximum Gasteiger partial charge on any atom is 0.104 e. The van der Waals surface area contributed by atoms with Gasteiger partial charge in [-0.05, 0) is 11.1 Å². The molecule has 1 unspecified atom stereocenters. The molecule has 0 aliphatic carbocycles. The maximum atomic E-state index is 9.37. The van der Waals surface area contributed by atoms with Crippen molar-refractivity contribution in [2.24, 2.45) is 0 Å². The molecule has 0 heterocycles. The van der Waals surface area contributed by atoms with Crippen molar-refractivity contribution in [3.8, 4) is 0 Å². The third-order valence-corrected chi connectivity index (χ3v) is 3.91. The highest BCUT2D eigenvalue weighted by Crippen LogP contribution is 1.98. The quantitative estimate of drug-likeness (QED) is 0.451. The first-order valence-electron chi connectivity index (χ1n) is 9.18. The molecule has 0 aromatic heterocycles. The molecule has 5 heteroatoms. The molecule has 5 nitrogen and oxygen atoms in total. The Morgan fingerprint density at radius 3 is 1.85 bits per heavy atom. The van der Waals surface area contributed by atoms with Crippen molar-refractivity contribution in [2.45, 2.75) is 19.2 Å². The van der Waals surface area contributed by atoms with Crippen LogP contribution in [0.4, 0.5) is 0 Å². The van der Waals surface area contributed by atoms with Crippen LogP contribution in [0.15, 0.2) is 60.7 Å². The van der Waals surface area contributed by atoms with Crippen molar-refractivity contribution in [1.29, 1.82) is 0 Å². The summed E-state index contributed by atoms with van der Waals surface area (Å²) in [5.41, 5.74) is 2.50. The second-order valence-electron chi connectivity index (χ2n) is 6.08. The van der Waals surface area contributed by atoms with Crippen LogP contribution in [-0.2, 0) is 22.6 Å². The summed E-state index contributed by atoms with van der Waals surface area (Å²) in [6.07, 6.45) is -0.275. The average molecular weight is 358 g/mol. The predicted molar refractivity (Wildman–Crippen MR) is 104 cm³/mol. The molecule has 2 aromatic carbocycles. The number of aliphatic hydroxyl groups excluding tert-OH is 1. The van der Waals surface area contributed by atoms with E-state index in [1.54, 1.807) is 0 Å². The Bertz CT molecular complexity index is 566. The van der Waals surface area contributed by atoms with E-state index in [4.69, 9.17) is 9.47 Å². The third kappa shape index (κ3) is 9.08. The highest BCUT2D eigenvalue weighted by molar-refractivity contribution is 5.14. The number of nitrogens with one attached hydrogen (secondary N) is 2. The maximum absolute atomic E-state index is 9.37. The molecule has 2 aromatic rings. The minimum atomic E-state index is -0.275. The lowest BCUT2D eigenvalue weighted by molar-refractivity contribution is -0.0404. The molecular weight excluding hydrogens is 328 g/mol. The minimum absolute atomic E-state index is 0.0316. The zero-order valence-corrected chi connectivity index (χ0v) is 15.3. The van der Waals surface area contributed by atoms with Crippen LogP contribution in [-0.4, -0.2) is 50.7 Å². The zero-order valence-electron chi connectivity index (χ0n) is 15.3. The summed E-state index contributed by atoms with van der Waals surface area (Å²) < 4.78 is 11.2. The molecule has 0 saturated carbocycles. The van der Waals surface area contributed by atoms with Crippen LogP contribution in [0.2, 0.25) is 0 Å². The van der Waals surface area contributed by atoms with E-state index < -0.39 is 0 Å². The fraction of sp³-hybridized carbons (Fsp3) is 0.429. The smallest absolute Gasteiger partial charge is 0.104 e. The van der Waals surface area contributed by atoms with Gasteiger partial charge in [0.05, 0.1) is 26.4 Å². The van der Waals surface area contributed by atoms with Gasteiger partial charge >= 0.3 is 0 Å². The molecule has 0 spiro atoms. The highest BCUT2D eigenvalue weighted by Gasteiger charge is 2.07. The molecule has 0 aliphatic heterocycles. The summed E-state index contributed by atoms with van der Waals surface area (Å²) in [5.74, 6) is 0. The minimum Gasteiger partial charge on any atom is -0.394 e. The van der Waals surface area contributed by atoms with Gasteiger partial charge in [-0.3, -0.25) is 0 Å². The van der Waals surface area contributed by atoms with Crippen LogP contribution in [0.5, 0.6) is 0 Å². The molecule has 1 atom stereocenters. The Hall–Kier alpha value is -1.76. The van der Waals surface area contributed by atoms with Crippen LogP contribution in [0.3, 0.4) is 0 Å². The summed E-state index contributed by atoms with van der Waals surface area (Å²) >= 11 is 0. The molecule has 26 heavy (non-hydrogen) atoms. The largest absolute Gasteiger partial charge is 0.394 e. The first-order chi connectivity index (χ1) is 12.9. The van der Waals surface area contributed by atoms with E-state index in [0.717, 1.165) is 26.2 Å². The fourth-order valence-electron chi connectivity index (χ4n) is 2.47. The number of rotatable bonds is 14. The van der Waals surface area contributed by atoms with E-state index in [9.17, 15) is 5.11 Å². The Balaban J connectivity index is 1.44. The van der Waals surface area contributed by atoms with Gasteiger partial charge in [0.25, 0.3) is 0 Å². The normalized spacial score (nSPS) is 12.2. The zero-order chi connectivity index (χ0) is 18.3. The topological polar surface area (TPSA) is 62.8 Å². The fourth-order valence-corrected chi connectivity index (χ4v) is 2.47. The number of hydrogen-bond acceptors (Lipinski definition) is 5. The van der Waals surface area contributed by atoms with Gasteiger partial charge in [0.2, 0.25) is 0 Å². The van der Waals surface area contributed by atoms with Crippen LogP contribution < -0.4 is 10.6 Å². The van der Waals surface area contributed by atoms with Gasteiger partial charge in [-0.1, -0.05) is 60.7 Å². The lowest BCUT2D eigenvalue weighted by Crippen LogP contribution is -2.29. The van der Waals surface area contributed by atoms with Crippen LogP contribution in [0.25, 0.3) is 0 Å². The van der Waals surface area contributed by atoms with Gasteiger partial charge in [0.15, 0.2) is 0 Å². The van der Waals surface area contributed by atoms with E-state index in [1.165, 1.54) is 11.1 Å². The Kier molecular flexibility index (Phi) is 10.6. The summed E-state index contributed by atoms with van der Waals surface area (Å²) in [4.78, 5) is 0. The standard InChI is InChI=1S/C21H30N2O3/c24-17-21(26-14-12-23-16-20-9-5-2-6-10-20)18-25-13-11-22-15-19-7-3-1-4-8-19/h1-10,21-24H,11-18H2. The Morgan fingerprint density at radius 2 is 1.31 bits per heavy atom. The highest BCUT2D eigenvalue weighted by atomic mass is 16.5. The van der Waals surface area contributed by atoms with E-state index in [0.29, 0.717) is 19.8 Å². The van der Waals surface area contributed by atoms with Gasteiger partial charge in [0.1, 0.15) is 6.10 Å². The van der Waals surface area contributed by atoms with Crippen molar-refractivity contribution in [3.05, 3.63) is 71.8 Å². The average Bonchev–Trinajstić information content (AvgIpc) is 2.70. The lowest BCUT2D eigenvalue weighted by Gasteiger charge is -2.16. The van der Waals surface area contributed by atoms with Crippen LogP contribution in [0, 0.1) is 0 Å². The van der Waals surface area contributed by atoms with Crippen LogP contribution >= 0.6 is 0 Å². The Morgan fingerprint density at radius 1 is 0.769 bits per heavy atom. The van der Waals surface area contributed by atoms with Crippen molar-refractivity contribution in [3.63, 3.8) is 0 Å². The molecule has 0 saturated heterocycles. The second-order valence-corrected chi connectivity index (χ2v) is 6.08. The third-order valence-electron chi connectivity index (χ3n) is 3.91. The van der Waals surface area contributed by atoms with Gasteiger partial charge in [-0.2, -0.15) is 0 Å². The molecule has 0 amide bonds. The predicted octanol–water partition coefficient (Wildman–Crippen LogP) is 1.96. The van der Waals surface area contributed by atoms with E-state index in [1.807, 2.05) is 36.4 Å². The first-order valence-corrected chi connectivity index (χ1v) is 9.18. The van der Waals surface area contributed by atoms with E-state index in [2.05, 4.69) is 34.9 Å². The van der Waals surface area contributed by atoms with Crippen molar-refractivity contribution in [2.75, 3.05) is 39.5 Å². The second kappa shape index (κ2) is 13.4. The van der Waals surface area contributed by atoms with Gasteiger partial charge < -0.3 is 25.2 Å². The number of hydrogen-bond donors (Lipinski definition) is 3. The number of ether oxygens (including phenoxy) is 2. The van der Waals surface area contributed by atoms with E-state index in [-0.39, 0.29) is 12.7 Å². The van der Waals surface area contributed by atoms with Crippen molar-refractivity contribution >= 4 is 0 Å². The molecule has 0 bridgehead atoms.